The number of nitrogens with zero attached hydrogens (tertiary/aromatic N) is 7. The molecule has 0 radical (unpaired) electrons. The number of carbonyl (C=O) groups is 2. The molecule has 46 heavy (non-hydrogen) atoms. The van der Waals surface area contributed by atoms with Crippen molar-refractivity contribution in [1.82, 2.24) is 33.8 Å². The number of esters is 2. The molecule has 0 unspecified atom stereocenters. The van der Waals surface area contributed by atoms with Crippen LogP contribution in [0.1, 0.15) is 76.2 Å². The zero-order chi connectivity index (χ0) is 33.1. The van der Waals surface area contributed by atoms with E-state index in [9.17, 15) is 9.59 Å². The van der Waals surface area contributed by atoms with Crippen LogP contribution in [0.15, 0.2) is 49.1 Å². The first-order valence-electron chi connectivity index (χ1n) is 16.8. The molecule has 0 fully saturated rings. The second kappa shape index (κ2) is 20.6. The van der Waals surface area contributed by atoms with E-state index in [0.717, 1.165) is 24.7 Å². The van der Waals surface area contributed by atoms with Crippen LogP contribution in [0, 0.1) is 0 Å². The van der Waals surface area contributed by atoms with Gasteiger partial charge in [-0.3, -0.25) is 14.5 Å². The molecular formula is C35H55N7O4. The first-order valence-corrected chi connectivity index (χ1v) is 16.8. The predicted molar refractivity (Wildman–Crippen MR) is 180 cm³/mol. The minimum atomic E-state index is -0.299. The maximum absolute atomic E-state index is 12.2. The molecule has 254 valence electrons. The van der Waals surface area contributed by atoms with Gasteiger partial charge in [0.25, 0.3) is 0 Å². The van der Waals surface area contributed by atoms with Crippen LogP contribution in [0.3, 0.4) is 0 Å². The maximum atomic E-state index is 12.2. The van der Waals surface area contributed by atoms with Gasteiger partial charge in [-0.2, -0.15) is 0 Å². The topological polar surface area (TPSA) is 98.0 Å². The van der Waals surface area contributed by atoms with Gasteiger partial charge >= 0.3 is 11.9 Å². The number of benzene rings is 1. The van der Waals surface area contributed by atoms with E-state index >= 15 is 0 Å². The van der Waals surface area contributed by atoms with Gasteiger partial charge in [-0.15, -0.1) is 0 Å². The van der Waals surface area contributed by atoms with Gasteiger partial charge in [-0.05, 0) is 77.0 Å². The Hall–Kier alpha value is -3.54. The monoisotopic (exact) mass is 637 g/mol. The van der Waals surface area contributed by atoms with Crippen molar-refractivity contribution in [3.05, 3.63) is 71.8 Å². The van der Waals surface area contributed by atoms with E-state index in [1.54, 1.807) is 19.3 Å². The van der Waals surface area contributed by atoms with Gasteiger partial charge in [0.05, 0.1) is 26.2 Å². The number of imidazole rings is 2. The summed E-state index contributed by atoms with van der Waals surface area (Å²) in [6, 6.07) is 8.83. The van der Waals surface area contributed by atoms with Crippen molar-refractivity contribution >= 4 is 11.9 Å². The lowest BCUT2D eigenvalue weighted by molar-refractivity contribution is -0.144. The summed E-state index contributed by atoms with van der Waals surface area (Å²) in [7, 11) is 2.20. The SMILES string of the molecule is CCCN(CCC)CCCCN(C)Cc1ccc(CN(Cc2nccn2CCOC(C)=O)Cc2nccn2CC(=O)OCC)cc1. The van der Waals surface area contributed by atoms with Crippen LogP contribution < -0.4 is 0 Å². The molecule has 3 aromatic rings. The highest BCUT2D eigenvalue weighted by Gasteiger charge is 2.17. The van der Waals surface area contributed by atoms with Gasteiger partial charge in [-0.1, -0.05) is 38.1 Å². The minimum absolute atomic E-state index is 0.117. The second-order valence-corrected chi connectivity index (χ2v) is 11.9. The van der Waals surface area contributed by atoms with Crippen LogP contribution in [-0.2, 0) is 58.3 Å². The summed E-state index contributed by atoms with van der Waals surface area (Å²) in [5.41, 5.74) is 2.47. The van der Waals surface area contributed by atoms with Crippen LogP contribution in [0.2, 0.25) is 0 Å². The second-order valence-electron chi connectivity index (χ2n) is 11.9. The van der Waals surface area contributed by atoms with Crippen molar-refractivity contribution in [2.24, 2.45) is 0 Å². The Morgan fingerprint density at radius 3 is 1.93 bits per heavy atom. The van der Waals surface area contributed by atoms with E-state index in [2.05, 4.69) is 69.8 Å². The maximum Gasteiger partial charge on any atom is 0.325 e. The fraction of sp³-hybridized carbons (Fsp3) is 0.600. The average molecular weight is 638 g/mol. The summed E-state index contributed by atoms with van der Waals surface area (Å²) >= 11 is 0. The molecule has 0 aliphatic rings. The Labute approximate surface area is 275 Å². The molecular weight excluding hydrogens is 582 g/mol. The van der Waals surface area contributed by atoms with Crippen molar-refractivity contribution in [3.8, 4) is 0 Å². The smallest absolute Gasteiger partial charge is 0.325 e. The lowest BCUT2D eigenvalue weighted by Gasteiger charge is -2.23. The summed E-state index contributed by atoms with van der Waals surface area (Å²) in [5, 5.41) is 0. The predicted octanol–water partition coefficient (Wildman–Crippen LogP) is 4.74. The number of unbranched alkanes of at least 4 members (excludes halogenated alkanes) is 1. The van der Waals surface area contributed by atoms with E-state index in [1.807, 2.05) is 21.5 Å². The first-order chi connectivity index (χ1) is 22.3. The van der Waals surface area contributed by atoms with Crippen molar-refractivity contribution in [1.29, 1.82) is 0 Å². The van der Waals surface area contributed by atoms with Crippen molar-refractivity contribution in [3.63, 3.8) is 0 Å². The third-order valence-corrected chi connectivity index (χ3v) is 7.80. The van der Waals surface area contributed by atoms with Gasteiger partial charge in [0.1, 0.15) is 24.8 Å². The molecule has 0 aliphatic carbocycles. The molecule has 0 saturated carbocycles. The number of hydrogen-bond donors (Lipinski definition) is 0. The highest BCUT2D eigenvalue weighted by molar-refractivity contribution is 5.69. The lowest BCUT2D eigenvalue weighted by atomic mass is 10.1. The first kappa shape index (κ1) is 36.9. The number of aromatic nitrogens is 4. The van der Waals surface area contributed by atoms with E-state index in [0.29, 0.717) is 32.8 Å². The van der Waals surface area contributed by atoms with Gasteiger partial charge < -0.3 is 28.4 Å². The average Bonchev–Trinajstić information content (AvgIpc) is 3.65. The van der Waals surface area contributed by atoms with Crippen molar-refractivity contribution in [2.75, 3.05) is 46.4 Å². The van der Waals surface area contributed by atoms with Crippen molar-refractivity contribution < 1.29 is 19.1 Å². The molecule has 0 spiro atoms. The summed E-state index contributed by atoms with van der Waals surface area (Å²) in [6.45, 7) is 16.3. The van der Waals surface area contributed by atoms with E-state index in [4.69, 9.17) is 9.47 Å². The third kappa shape index (κ3) is 13.4. The van der Waals surface area contributed by atoms with E-state index in [-0.39, 0.29) is 25.1 Å². The van der Waals surface area contributed by atoms with Gasteiger partial charge in [0, 0.05) is 44.8 Å². The fourth-order valence-corrected chi connectivity index (χ4v) is 5.62. The third-order valence-electron chi connectivity index (χ3n) is 7.80. The number of rotatable bonds is 23. The summed E-state index contributed by atoms with van der Waals surface area (Å²) in [5.74, 6) is 1.05. The fourth-order valence-electron chi connectivity index (χ4n) is 5.62. The van der Waals surface area contributed by atoms with Crippen molar-refractivity contribution in [2.45, 2.75) is 92.6 Å². The summed E-state index contributed by atoms with van der Waals surface area (Å²) in [6.07, 6.45) is 12.1. The molecule has 0 amide bonds. The quantitative estimate of drug-likeness (QED) is 0.108. The number of hydrogen-bond acceptors (Lipinski definition) is 9. The molecule has 2 heterocycles. The molecule has 0 N–H and O–H groups in total. The van der Waals surface area contributed by atoms with E-state index < -0.39 is 0 Å². The largest absolute Gasteiger partial charge is 0.465 e. The lowest BCUT2D eigenvalue weighted by Crippen LogP contribution is -2.27. The van der Waals surface area contributed by atoms with Crippen LogP contribution >= 0.6 is 0 Å². The highest BCUT2D eigenvalue weighted by atomic mass is 16.5. The molecule has 0 aliphatic heterocycles. The Morgan fingerprint density at radius 2 is 1.33 bits per heavy atom. The van der Waals surface area contributed by atoms with Gasteiger partial charge in [0.2, 0.25) is 0 Å². The minimum Gasteiger partial charge on any atom is -0.465 e. The zero-order valence-electron chi connectivity index (χ0n) is 28.7. The Kier molecular flexibility index (Phi) is 16.5. The van der Waals surface area contributed by atoms with Crippen LogP contribution in [-0.4, -0.2) is 92.2 Å². The molecule has 0 bridgehead atoms. The Morgan fingerprint density at radius 1 is 0.739 bits per heavy atom. The molecule has 0 saturated heterocycles. The standard InChI is InChI=1S/C35H55N7O4/c1-6-17-39(18-7-2)20-10-9-19-38(5)25-31-11-13-32(14-12-31)26-40(27-33-36-15-21-41(33)23-24-46-30(4)43)28-34-37-16-22-42(34)29-35(44)45-8-3/h11-16,21-22H,6-10,17-20,23-29H2,1-5H3. The molecule has 3 rings (SSSR count). The van der Waals surface area contributed by atoms with Crippen LogP contribution in [0.25, 0.3) is 0 Å². The Bertz CT molecular complexity index is 1280. The van der Waals surface area contributed by atoms with Gasteiger partial charge in [-0.25, -0.2) is 9.97 Å². The summed E-state index contributed by atoms with van der Waals surface area (Å²) < 4.78 is 14.2. The molecule has 11 nitrogen and oxygen atoms in total. The van der Waals surface area contributed by atoms with Crippen LogP contribution in [0.4, 0.5) is 0 Å². The molecule has 1 aromatic carbocycles. The molecule has 11 heteroatoms. The highest BCUT2D eigenvalue weighted by Crippen LogP contribution is 2.15. The van der Waals surface area contributed by atoms with E-state index in [1.165, 1.54) is 63.4 Å². The Balaban J connectivity index is 1.63. The van der Waals surface area contributed by atoms with Gasteiger partial charge in [0.15, 0.2) is 0 Å². The number of carbonyl (C=O) groups excluding carboxylic acids is 2. The molecule has 2 aromatic heterocycles. The number of ether oxygens (including phenoxy) is 2. The zero-order valence-corrected chi connectivity index (χ0v) is 28.7. The normalized spacial score (nSPS) is 11.6. The molecule has 0 atom stereocenters. The van der Waals surface area contributed by atoms with Crippen LogP contribution in [0.5, 0.6) is 0 Å². The summed E-state index contributed by atoms with van der Waals surface area (Å²) in [4.78, 5) is 39.9.